The van der Waals surface area contributed by atoms with Gasteiger partial charge in [-0.3, -0.25) is 0 Å². The zero-order valence-electron chi connectivity index (χ0n) is 20.2. The fourth-order valence-electron chi connectivity index (χ4n) is 7.42. The summed E-state index contributed by atoms with van der Waals surface area (Å²) in [5.41, 5.74) is 4.13. The largest absolute Gasteiger partial charge is 0.478 e. The van der Waals surface area contributed by atoms with E-state index in [0.717, 1.165) is 60.1 Å². The lowest BCUT2D eigenvalue weighted by Crippen LogP contribution is -2.49. The van der Waals surface area contributed by atoms with E-state index >= 15 is 0 Å². The third kappa shape index (κ3) is 4.28. The van der Waals surface area contributed by atoms with Gasteiger partial charge in [0, 0.05) is 18.2 Å². The third-order valence-electron chi connectivity index (χ3n) is 8.25. The second-order valence-corrected chi connectivity index (χ2v) is 10.5. The Kier molecular flexibility index (Phi) is 6.51. The van der Waals surface area contributed by atoms with Gasteiger partial charge in [0.1, 0.15) is 6.79 Å². The Morgan fingerprint density at radius 2 is 1.68 bits per heavy atom. The van der Waals surface area contributed by atoms with Gasteiger partial charge in [-0.1, -0.05) is 43.0 Å². The summed E-state index contributed by atoms with van der Waals surface area (Å²) in [5, 5.41) is 10.2. The molecule has 4 fully saturated rings. The van der Waals surface area contributed by atoms with Crippen LogP contribution in [0.4, 0.5) is 0 Å². The molecule has 0 radical (unpaired) electrons. The van der Waals surface area contributed by atoms with Gasteiger partial charge in [-0.05, 0) is 97.4 Å². The summed E-state index contributed by atoms with van der Waals surface area (Å²) < 4.78 is 11.4. The van der Waals surface area contributed by atoms with Crippen molar-refractivity contribution in [2.24, 2.45) is 17.8 Å². The molecule has 4 aliphatic rings. The Labute approximate surface area is 202 Å². The topological polar surface area (TPSA) is 55.8 Å². The number of carbonyl (C=O) groups is 1. The van der Waals surface area contributed by atoms with Crippen LogP contribution in [-0.4, -0.2) is 25.0 Å². The summed E-state index contributed by atoms with van der Waals surface area (Å²) in [6.07, 6.45) is 8.03. The Morgan fingerprint density at radius 3 is 2.24 bits per heavy atom. The van der Waals surface area contributed by atoms with Crippen LogP contribution in [0.3, 0.4) is 0 Å². The van der Waals surface area contributed by atoms with Gasteiger partial charge in [0.15, 0.2) is 0 Å². The van der Waals surface area contributed by atoms with Crippen molar-refractivity contribution in [2.75, 3.05) is 13.9 Å². The van der Waals surface area contributed by atoms with Gasteiger partial charge in [0.05, 0.1) is 11.7 Å². The lowest BCUT2D eigenvalue weighted by Gasteiger charge is -2.58. The number of carboxylic acids is 1. The van der Waals surface area contributed by atoms with E-state index < -0.39 is 5.97 Å². The molecule has 4 bridgehead atoms. The Morgan fingerprint density at radius 1 is 1.03 bits per heavy atom. The van der Waals surface area contributed by atoms with Crippen molar-refractivity contribution >= 4 is 5.97 Å². The van der Waals surface area contributed by atoms with Gasteiger partial charge in [0.25, 0.3) is 0 Å². The van der Waals surface area contributed by atoms with Gasteiger partial charge < -0.3 is 14.6 Å². The predicted molar refractivity (Wildman–Crippen MR) is 132 cm³/mol. The first-order valence-electron chi connectivity index (χ1n) is 12.6. The number of benzene rings is 2. The Bertz CT molecular complexity index is 1070. The molecule has 4 nitrogen and oxygen atoms in total. The zero-order chi connectivity index (χ0) is 23.7. The van der Waals surface area contributed by atoms with Crippen LogP contribution in [0, 0.1) is 29.6 Å². The normalized spacial score (nSPS) is 27.8. The summed E-state index contributed by atoms with van der Waals surface area (Å²) >= 11 is 0. The average Bonchev–Trinajstić information content (AvgIpc) is 2.82. The SMILES string of the molecule is CCC(OCOC)c1ccc(C(=O)O)c(C#Cc2ccccc2)c1C12CC3CC(CC(C3)C1)C2. The molecule has 1 N–H and O–H groups in total. The molecule has 0 saturated heterocycles. The first kappa shape index (κ1) is 23.1. The molecule has 2 aromatic carbocycles. The lowest BCUT2D eigenvalue weighted by molar-refractivity contribution is -0.0759. The molecule has 0 spiro atoms. The van der Waals surface area contributed by atoms with Crippen LogP contribution in [-0.2, 0) is 14.9 Å². The van der Waals surface area contributed by atoms with E-state index in [1.165, 1.54) is 19.3 Å². The highest BCUT2D eigenvalue weighted by Gasteiger charge is 2.53. The van der Waals surface area contributed by atoms with Crippen LogP contribution < -0.4 is 0 Å². The fourth-order valence-corrected chi connectivity index (χ4v) is 7.42. The van der Waals surface area contributed by atoms with Crippen molar-refractivity contribution in [3.63, 3.8) is 0 Å². The molecular weight excluding hydrogens is 424 g/mol. The van der Waals surface area contributed by atoms with Crippen molar-refractivity contribution in [1.82, 2.24) is 0 Å². The minimum atomic E-state index is -0.916. The highest BCUT2D eigenvalue weighted by Crippen LogP contribution is 2.62. The van der Waals surface area contributed by atoms with E-state index in [4.69, 9.17) is 9.47 Å². The highest BCUT2D eigenvalue weighted by molar-refractivity contribution is 5.92. The second-order valence-electron chi connectivity index (χ2n) is 10.5. The van der Waals surface area contributed by atoms with Crippen molar-refractivity contribution < 1.29 is 19.4 Å². The molecule has 0 amide bonds. The monoisotopic (exact) mass is 458 g/mol. The van der Waals surface area contributed by atoms with E-state index in [9.17, 15) is 9.90 Å². The summed E-state index contributed by atoms with van der Waals surface area (Å²) in [6, 6.07) is 13.6. The number of aromatic carboxylic acids is 1. The van der Waals surface area contributed by atoms with Gasteiger partial charge in [-0.25, -0.2) is 4.79 Å². The summed E-state index contributed by atoms with van der Waals surface area (Å²) in [7, 11) is 1.64. The van der Waals surface area contributed by atoms with Crippen LogP contribution in [0.5, 0.6) is 0 Å². The maximum atomic E-state index is 12.4. The number of hydrogen-bond donors (Lipinski definition) is 1. The van der Waals surface area contributed by atoms with Crippen LogP contribution in [0.15, 0.2) is 42.5 Å². The summed E-state index contributed by atoms with van der Waals surface area (Å²) in [5.74, 6) is 7.94. The van der Waals surface area contributed by atoms with E-state index in [1.54, 1.807) is 13.2 Å². The second kappa shape index (κ2) is 9.56. The van der Waals surface area contributed by atoms with Crippen molar-refractivity contribution in [1.29, 1.82) is 0 Å². The molecule has 1 atom stereocenters. The van der Waals surface area contributed by atoms with Crippen LogP contribution >= 0.6 is 0 Å². The Hall–Kier alpha value is -2.61. The average molecular weight is 459 g/mol. The molecule has 0 aromatic heterocycles. The van der Waals surface area contributed by atoms with Gasteiger partial charge >= 0.3 is 5.97 Å². The van der Waals surface area contributed by atoms with Crippen molar-refractivity contribution in [3.05, 3.63) is 70.3 Å². The van der Waals surface area contributed by atoms with Gasteiger partial charge in [0.2, 0.25) is 0 Å². The van der Waals surface area contributed by atoms with Crippen molar-refractivity contribution in [2.45, 2.75) is 63.4 Å². The van der Waals surface area contributed by atoms with Crippen LogP contribution in [0.25, 0.3) is 0 Å². The first-order valence-corrected chi connectivity index (χ1v) is 12.6. The van der Waals surface area contributed by atoms with E-state index in [-0.39, 0.29) is 18.3 Å². The quantitative estimate of drug-likeness (QED) is 0.389. The molecule has 4 aliphatic carbocycles. The number of methoxy groups -OCH3 is 1. The summed E-state index contributed by atoms with van der Waals surface area (Å²) in [6.45, 7) is 2.33. The number of hydrogen-bond acceptors (Lipinski definition) is 3. The molecule has 4 heteroatoms. The molecule has 34 heavy (non-hydrogen) atoms. The molecule has 2 aromatic rings. The maximum absolute atomic E-state index is 12.4. The van der Waals surface area contributed by atoms with E-state index in [1.807, 2.05) is 36.4 Å². The fraction of sp³-hybridized carbons (Fsp3) is 0.500. The zero-order valence-corrected chi connectivity index (χ0v) is 20.2. The number of ether oxygens (including phenoxy) is 2. The number of carboxylic acid groups (broad SMARTS) is 1. The van der Waals surface area contributed by atoms with Gasteiger partial charge in [-0.15, -0.1) is 0 Å². The smallest absolute Gasteiger partial charge is 0.336 e. The summed E-state index contributed by atoms with van der Waals surface area (Å²) in [4.78, 5) is 12.4. The van der Waals surface area contributed by atoms with E-state index in [0.29, 0.717) is 11.1 Å². The van der Waals surface area contributed by atoms with Gasteiger partial charge in [-0.2, -0.15) is 0 Å². The molecule has 178 valence electrons. The minimum Gasteiger partial charge on any atom is -0.478 e. The third-order valence-corrected chi connectivity index (χ3v) is 8.25. The Balaban J connectivity index is 1.72. The highest BCUT2D eigenvalue weighted by atomic mass is 16.7. The van der Waals surface area contributed by atoms with E-state index in [2.05, 4.69) is 18.8 Å². The van der Waals surface area contributed by atoms with Crippen molar-refractivity contribution in [3.8, 4) is 11.8 Å². The standard InChI is InChI=1S/C30H34O4/c1-3-27(34-19-33-2)26-12-11-25(29(31)32)24(10-9-20-7-5-4-6-8-20)28(26)30-16-21-13-22(17-30)15-23(14-21)18-30/h4-8,11-12,21-23,27H,3,13-19H2,1-2H3,(H,31,32). The van der Waals surface area contributed by atoms with Crippen LogP contribution in [0.2, 0.25) is 0 Å². The molecule has 0 aliphatic heterocycles. The maximum Gasteiger partial charge on any atom is 0.336 e. The molecule has 4 saturated carbocycles. The molecule has 6 rings (SSSR count). The minimum absolute atomic E-state index is 0.0138. The molecule has 1 unspecified atom stereocenters. The first-order chi connectivity index (χ1) is 16.5. The molecular formula is C30H34O4. The predicted octanol–water partition coefficient (Wildman–Crippen LogP) is 6.32. The molecule has 0 heterocycles. The van der Waals surface area contributed by atoms with Crippen LogP contribution in [0.1, 0.15) is 90.6 Å². The lowest BCUT2D eigenvalue weighted by atomic mass is 9.47. The number of rotatable bonds is 7.